The summed E-state index contributed by atoms with van der Waals surface area (Å²) in [5, 5.41) is 42.4. The van der Waals surface area contributed by atoms with Gasteiger partial charge in [0.15, 0.2) is 0 Å². The molecule has 0 saturated carbocycles. The van der Waals surface area contributed by atoms with Crippen LogP contribution in [0.1, 0.15) is 67.1 Å². The number of hydrogen-bond acceptors (Lipinski definition) is 10. The number of carboxylic acids is 4. The number of carboxylic acid groups (broad SMARTS) is 4. The average Bonchev–Trinajstić information content (AvgIpc) is 3.86. The predicted molar refractivity (Wildman–Crippen MR) is 183 cm³/mol. The average molecular weight is 969 g/mol. The molecule has 2 heterocycles. The van der Waals surface area contributed by atoms with Gasteiger partial charge < -0.3 is 49.1 Å². The Labute approximate surface area is 347 Å². The van der Waals surface area contributed by atoms with E-state index < -0.39 is 23.9 Å². The van der Waals surface area contributed by atoms with Gasteiger partial charge >= 0.3 is 39.0 Å². The summed E-state index contributed by atoms with van der Waals surface area (Å²) in [5.41, 5.74) is 0.417. The normalized spacial score (nSPS) is 11.8. The first kappa shape index (κ1) is 51.2. The number of aromatic carboxylic acids is 4. The molecule has 52 heavy (non-hydrogen) atoms. The third-order valence-electron chi connectivity index (χ3n) is 5.90. The van der Waals surface area contributed by atoms with Crippen LogP contribution in [0, 0.1) is 0 Å². The Hall–Kier alpha value is -2.91. The number of hydrogen-bond donors (Lipinski definition) is 0. The van der Waals surface area contributed by atoms with E-state index in [1.807, 2.05) is 0 Å². The van der Waals surface area contributed by atoms with Gasteiger partial charge in [-0.1, -0.05) is 94.9 Å². The fourth-order valence-corrected chi connectivity index (χ4v) is 4.24. The maximum Gasteiger partial charge on any atom is 2.00 e. The standard InChI is InChI=1S/4C7H5ClO2.2C4H8O.2Ru/c4*8-6-3-1-2-5(4-6)7(9)10;2*1-2-4-5-3-1;;/h4*1-4H,(H,9,10);2*1-4H2;;/q;;;;;;2*+2/p-4. The van der Waals surface area contributed by atoms with Crippen LogP contribution in [0.4, 0.5) is 0 Å². The van der Waals surface area contributed by atoms with Crippen LogP contribution in [0.2, 0.25) is 20.1 Å². The molecule has 0 radical (unpaired) electrons. The first-order valence-corrected chi connectivity index (χ1v) is 16.3. The largest absolute Gasteiger partial charge is 2.00 e. The van der Waals surface area contributed by atoms with Crippen LogP contribution in [0.3, 0.4) is 0 Å². The summed E-state index contributed by atoms with van der Waals surface area (Å²) in [6, 6.07) is 23.8. The maximum absolute atomic E-state index is 10.2. The van der Waals surface area contributed by atoms with Crippen molar-refractivity contribution in [2.24, 2.45) is 0 Å². The van der Waals surface area contributed by atoms with Crippen molar-refractivity contribution in [3.05, 3.63) is 139 Å². The molecule has 4 aromatic carbocycles. The van der Waals surface area contributed by atoms with Crippen molar-refractivity contribution in [2.75, 3.05) is 26.4 Å². The molecule has 2 aliphatic rings. The van der Waals surface area contributed by atoms with E-state index in [-0.39, 0.29) is 61.2 Å². The quantitative estimate of drug-likeness (QED) is 0.266. The SMILES string of the molecule is C1CCOC1.C1CCOC1.O=C([O-])c1cccc(Cl)c1.O=C([O-])c1cccc(Cl)c1.O=C([O-])c1cccc(Cl)c1.O=C([O-])c1cccc(Cl)c1.[Ru+2].[Ru+2]. The molecular formula is C36H32Cl4O10Ru2. The minimum absolute atomic E-state index is 0. The zero-order valence-corrected chi connectivity index (χ0v) is 33.7. The van der Waals surface area contributed by atoms with E-state index in [4.69, 9.17) is 55.9 Å². The Morgan fingerprint density at radius 3 is 0.692 bits per heavy atom. The molecule has 0 amide bonds. The van der Waals surface area contributed by atoms with Crippen molar-refractivity contribution in [1.29, 1.82) is 0 Å². The number of carbonyl (C=O) groups is 4. The molecule has 280 valence electrons. The van der Waals surface area contributed by atoms with Crippen molar-refractivity contribution in [3.8, 4) is 0 Å². The van der Waals surface area contributed by atoms with Gasteiger partial charge in [-0.25, -0.2) is 0 Å². The number of halogens is 4. The predicted octanol–water partition coefficient (Wildman–Crippen LogP) is 4.40. The van der Waals surface area contributed by atoms with Gasteiger partial charge in [0.05, 0.1) is 23.9 Å². The molecule has 0 aliphatic carbocycles. The van der Waals surface area contributed by atoms with Gasteiger partial charge in [0.2, 0.25) is 0 Å². The molecule has 6 rings (SSSR count). The molecule has 0 aromatic heterocycles. The van der Waals surface area contributed by atoms with E-state index in [9.17, 15) is 39.6 Å². The van der Waals surface area contributed by atoms with Crippen molar-refractivity contribution in [1.82, 2.24) is 0 Å². The summed E-state index contributed by atoms with van der Waals surface area (Å²) in [7, 11) is 0. The summed E-state index contributed by atoms with van der Waals surface area (Å²) in [6.45, 7) is 4.00. The molecule has 2 saturated heterocycles. The van der Waals surface area contributed by atoms with E-state index in [2.05, 4.69) is 0 Å². The smallest absolute Gasteiger partial charge is 0.545 e. The molecule has 0 N–H and O–H groups in total. The second-order valence-electron chi connectivity index (χ2n) is 9.83. The fraction of sp³-hybridized carbons (Fsp3) is 0.222. The Morgan fingerprint density at radius 2 is 0.596 bits per heavy atom. The van der Waals surface area contributed by atoms with E-state index in [1.165, 1.54) is 74.2 Å². The number of carbonyl (C=O) groups excluding carboxylic acids is 4. The van der Waals surface area contributed by atoms with E-state index in [0.717, 1.165) is 26.4 Å². The zero-order valence-electron chi connectivity index (χ0n) is 27.2. The first-order valence-electron chi connectivity index (χ1n) is 14.8. The number of ether oxygens (including phenoxy) is 2. The molecule has 0 bridgehead atoms. The van der Waals surface area contributed by atoms with Gasteiger partial charge in [-0.3, -0.25) is 0 Å². The van der Waals surface area contributed by atoms with Gasteiger partial charge in [-0.15, -0.1) is 0 Å². The first-order chi connectivity index (χ1) is 23.8. The summed E-state index contributed by atoms with van der Waals surface area (Å²) in [4.78, 5) is 40.7. The minimum atomic E-state index is -1.21. The zero-order chi connectivity index (χ0) is 37.3. The van der Waals surface area contributed by atoms with E-state index in [1.54, 1.807) is 48.5 Å². The summed E-state index contributed by atoms with van der Waals surface area (Å²) in [6.07, 6.45) is 5.11. The molecule has 0 spiro atoms. The van der Waals surface area contributed by atoms with Gasteiger partial charge in [0.25, 0.3) is 0 Å². The van der Waals surface area contributed by atoms with Crippen molar-refractivity contribution < 1.29 is 88.0 Å². The van der Waals surface area contributed by atoms with E-state index in [0.29, 0.717) is 20.1 Å². The van der Waals surface area contributed by atoms with Gasteiger partial charge in [-0.05, 0) is 96.5 Å². The van der Waals surface area contributed by atoms with Crippen molar-refractivity contribution in [3.63, 3.8) is 0 Å². The Balaban J connectivity index is 0. The second-order valence-corrected chi connectivity index (χ2v) is 11.6. The van der Waals surface area contributed by atoms with E-state index >= 15 is 0 Å². The van der Waals surface area contributed by atoms with Gasteiger partial charge in [0.1, 0.15) is 0 Å². The number of benzene rings is 4. The summed E-state index contributed by atoms with van der Waals surface area (Å²) in [5.74, 6) is -4.82. The Kier molecular flexibility index (Phi) is 30.1. The molecular weight excluding hydrogens is 936 g/mol. The van der Waals surface area contributed by atoms with Crippen LogP contribution in [0.15, 0.2) is 97.1 Å². The summed E-state index contributed by atoms with van der Waals surface area (Å²) < 4.78 is 9.89. The van der Waals surface area contributed by atoms with Crippen LogP contribution in [0.5, 0.6) is 0 Å². The third-order valence-corrected chi connectivity index (χ3v) is 6.84. The monoisotopic (exact) mass is 968 g/mol. The molecule has 4 aromatic rings. The van der Waals surface area contributed by atoms with Crippen LogP contribution < -0.4 is 20.4 Å². The molecule has 0 atom stereocenters. The maximum atomic E-state index is 10.2. The van der Waals surface area contributed by atoms with Crippen molar-refractivity contribution in [2.45, 2.75) is 25.7 Å². The van der Waals surface area contributed by atoms with Crippen molar-refractivity contribution >= 4 is 70.3 Å². The minimum Gasteiger partial charge on any atom is -0.545 e. The Bertz CT molecular complexity index is 1410. The molecule has 2 aliphatic heterocycles. The molecule has 0 unspecified atom stereocenters. The Morgan fingerprint density at radius 1 is 0.404 bits per heavy atom. The van der Waals surface area contributed by atoms with Crippen LogP contribution in [0.25, 0.3) is 0 Å². The molecule has 2 fully saturated rings. The van der Waals surface area contributed by atoms with Crippen LogP contribution >= 0.6 is 46.4 Å². The van der Waals surface area contributed by atoms with Crippen LogP contribution in [-0.4, -0.2) is 50.3 Å². The van der Waals surface area contributed by atoms with Gasteiger partial charge in [0, 0.05) is 46.5 Å². The molecule has 10 nitrogen and oxygen atoms in total. The summed E-state index contributed by atoms with van der Waals surface area (Å²) >= 11 is 22.0. The third kappa shape index (κ3) is 25.1. The topological polar surface area (TPSA) is 179 Å². The second kappa shape index (κ2) is 30.5. The fourth-order valence-electron chi connectivity index (χ4n) is 3.48. The molecule has 16 heteroatoms. The van der Waals surface area contributed by atoms with Gasteiger partial charge in [-0.2, -0.15) is 0 Å². The van der Waals surface area contributed by atoms with Crippen LogP contribution in [-0.2, 0) is 48.4 Å². The number of rotatable bonds is 4.